The van der Waals surface area contributed by atoms with Crippen molar-refractivity contribution in [3.63, 3.8) is 0 Å². The van der Waals surface area contributed by atoms with Crippen LogP contribution in [0.3, 0.4) is 0 Å². The van der Waals surface area contributed by atoms with Gasteiger partial charge in [0.15, 0.2) is 0 Å². The van der Waals surface area contributed by atoms with Crippen LogP contribution in [0.2, 0.25) is 0 Å². The molecule has 2 saturated heterocycles. The summed E-state index contributed by atoms with van der Waals surface area (Å²) >= 11 is 0. The number of hydrogen-bond donors (Lipinski definition) is 1. The quantitative estimate of drug-likeness (QED) is 0.403. The number of piperidine rings is 1. The van der Waals surface area contributed by atoms with E-state index in [0.29, 0.717) is 23.0 Å². The Morgan fingerprint density at radius 3 is 2.58 bits per heavy atom. The summed E-state index contributed by atoms with van der Waals surface area (Å²) in [6.45, 7) is 8.67. The number of aryl methyl sites for hydroxylation is 1. The second kappa shape index (κ2) is 12.2. The van der Waals surface area contributed by atoms with Gasteiger partial charge in [0.05, 0.1) is 18.9 Å². The lowest BCUT2D eigenvalue weighted by atomic mass is 9.91. The summed E-state index contributed by atoms with van der Waals surface area (Å²) in [4.78, 5) is 26.8. The van der Waals surface area contributed by atoms with E-state index < -0.39 is 0 Å². The number of benzene rings is 1. The minimum Gasteiger partial charge on any atom is -0.379 e. The van der Waals surface area contributed by atoms with Gasteiger partial charge in [0, 0.05) is 55.6 Å². The van der Waals surface area contributed by atoms with Crippen molar-refractivity contribution in [1.82, 2.24) is 19.4 Å². The summed E-state index contributed by atoms with van der Waals surface area (Å²) in [6.07, 6.45) is 10.7. The van der Waals surface area contributed by atoms with E-state index in [-0.39, 0.29) is 17.4 Å². The van der Waals surface area contributed by atoms with Crippen LogP contribution in [-0.4, -0.2) is 65.4 Å². The topological polar surface area (TPSA) is 75.5 Å². The third kappa shape index (κ3) is 6.00. The van der Waals surface area contributed by atoms with Crippen molar-refractivity contribution >= 4 is 28.4 Å². The van der Waals surface area contributed by atoms with Crippen LogP contribution in [0.25, 0.3) is 11.0 Å². The van der Waals surface area contributed by atoms with Crippen LogP contribution >= 0.6 is 0 Å². The molecule has 9 heteroatoms. The number of nitrogens with one attached hydrogen (secondary N) is 1. The fraction of sp³-hybridized carbons (Fsp3) is 0.581. The summed E-state index contributed by atoms with van der Waals surface area (Å²) < 4.78 is 22.6. The molecule has 2 aliphatic heterocycles. The first-order valence-electron chi connectivity index (χ1n) is 15.1. The molecule has 1 aliphatic carbocycles. The molecule has 0 amide bonds. The van der Waals surface area contributed by atoms with Crippen molar-refractivity contribution < 1.29 is 9.13 Å². The number of fused-ring (bicyclic) bond motifs is 1. The molecule has 3 fully saturated rings. The van der Waals surface area contributed by atoms with Gasteiger partial charge in [-0.1, -0.05) is 12.8 Å². The van der Waals surface area contributed by atoms with Crippen molar-refractivity contribution in [3.05, 3.63) is 52.2 Å². The molecule has 0 bridgehead atoms. The highest BCUT2D eigenvalue weighted by molar-refractivity contribution is 5.79. The predicted octanol–water partition coefficient (Wildman–Crippen LogP) is 5.43. The number of pyridine rings is 1. The molecule has 2 aromatic heterocycles. The van der Waals surface area contributed by atoms with Crippen LogP contribution < -0.4 is 15.8 Å². The summed E-state index contributed by atoms with van der Waals surface area (Å²) in [5.41, 5.74) is 2.76. The second-order valence-corrected chi connectivity index (χ2v) is 11.7. The Balaban J connectivity index is 1.09. The van der Waals surface area contributed by atoms with Crippen LogP contribution in [0, 0.1) is 18.7 Å². The SMILES string of the molecule is Cc1cc(=O)n(C2CCCC2)c2nc(Nc3ccc(N4CCC(CCCN5CCOCC5)CC4)c(F)c3)ncc12. The van der Waals surface area contributed by atoms with E-state index in [1.165, 1.54) is 18.9 Å². The molecule has 0 atom stereocenters. The van der Waals surface area contributed by atoms with E-state index >= 15 is 4.39 Å². The van der Waals surface area contributed by atoms with Crippen LogP contribution in [0.5, 0.6) is 0 Å². The standard InChI is InChI=1S/C31H41FN6O2/c1-22-19-29(39)38(25-6-2-3-7-25)30-26(22)21-33-31(35-30)34-24-8-9-28(27(32)20-24)37-13-10-23(11-14-37)5-4-12-36-15-17-40-18-16-36/h8-9,19-21,23,25H,2-7,10-18H2,1H3,(H,33,34,35). The average molecular weight is 549 g/mol. The maximum Gasteiger partial charge on any atom is 0.252 e. The zero-order valence-electron chi connectivity index (χ0n) is 23.6. The Labute approximate surface area is 235 Å². The number of halogens is 1. The first-order valence-corrected chi connectivity index (χ1v) is 15.1. The van der Waals surface area contributed by atoms with Crippen molar-refractivity contribution in [3.8, 4) is 0 Å². The molecule has 3 aromatic rings. The lowest BCUT2D eigenvalue weighted by molar-refractivity contribution is 0.0365. The minimum atomic E-state index is -0.240. The number of rotatable bonds is 8. The molecule has 1 aromatic carbocycles. The van der Waals surface area contributed by atoms with E-state index in [1.807, 2.05) is 23.6 Å². The van der Waals surface area contributed by atoms with E-state index in [2.05, 4.69) is 20.1 Å². The van der Waals surface area contributed by atoms with E-state index in [9.17, 15) is 4.79 Å². The predicted molar refractivity (Wildman–Crippen MR) is 157 cm³/mol. The number of nitrogens with zero attached hydrogens (tertiary/aromatic N) is 5. The highest BCUT2D eigenvalue weighted by Crippen LogP contribution is 2.32. The van der Waals surface area contributed by atoms with E-state index in [0.717, 1.165) is 101 Å². The molecule has 0 spiro atoms. The monoisotopic (exact) mass is 548 g/mol. The highest BCUT2D eigenvalue weighted by Gasteiger charge is 2.23. The van der Waals surface area contributed by atoms with Crippen molar-refractivity contribution in [2.45, 2.75) is 64.3 Å². The first-order chi connectivity index (χ1) is 19.5. The molecule has 1 N–H and O–H groups in total. The summed E-state index contributed by atoms with van der Waals surface area (Å²) in [6, 6.07) is 7.12. The molecule has 40 heavy (non-hydrogen) atoms. The molecule has 1 saturated carbocycles. The Morgan fingerprint density at radius 2 is 1.82 bits per heavy atom. The lowest BCUT2D eigenvalue weighted by Gasteiger charge is -2.34. The number of anilines is 3. The highest BCUT2D eigenvalue weighted by atomic mass is 19.1. The molecule has 214 valence electrons. The maximum atomic E-state index is 15.3. The largest absolute Gasteiger partial charge is 0.379 e. The van der Waals surface area contributed by atoms with Gasteiger partial charge in [-0.2, -0.15) is 4.98 Å². The fourth-order valence-electron chi connectivity index (χ4n) is 6.71. The van der Waals surface area contributed by atoms with Gasteiger partial charge in [-0.15, -0.1) is 0 Å². The van der Waals surface area contributed by atoms with Gasteiger partial charge in [-0.3, -0.25) is 14.3 Å². The van der Waals surface area contributed by atoms with Gasteiger partial charge in [0.2, 0.25) is 5.95 Å². The molecule has 3 aliphatic rings. The minimum absolute atomic E-state index is 0.0159. The van der Waals surface area contributed by atoms with Gasteiger partial charge < -0.3 is 15.0 Å². The van der Waals surface area contributed by atoms with Crippen molar-refractivity contribution in [2.75, 3.05) is 56.2 Å². The van der Waals surface area contributed by atoms with Crippen LogP contribution in [0.15, 0.2) is 35.3 Å². The fourth-order valence-corrected chi connectivity index (χ4v) is 6.71. The summed E-state index contributed by atoms with van der Waals surface area (Å²) in [5, 5.41) is 4.05. The van der Waals surface area contributed by atoms with Gasteiger partial charge in [0.25, 0.3) is 5.56 Å². The lowest BCUT2D eigenvalue weighted by Crippen LogP contribution is -2.37. The first kappa shape index (κ1) is 27.1. The number of hydrogen-bond acceptors (Lipinski definition) is 7. The van der Waals surface area contributed by atoms with Gasteiger partial charge in [-0.05, 0) is 81.7 Å². The Kier molecular flexibility index (Phi) is 8.30. The van der Waals surface area contributed by atoms with Gasteiger partial charge in [-0.25, -0.2) is 9.37 Å². The molecule has 6 rings (SSSR count). The average Bonchev–Trinajstić information content (AvgIpc) is 3.49. The van der Waals surface area contributed by atoms with Gasteiger partial charge in [0.1, 0.15) is 11.5 Å². The van der Waals surface area contributed by atoms with Gasteiger partial charge >= 0.3 is 0 Å². The number of ether oxygens (including phenoxy) is 1. The molecular weight excluding hydrogens is 507 g/mol. The van der Waals surface area contributed by atoms with Crippen LogP contribution in [-0.2, 0) is 4.74 Å². The zero-order chi connectivity index (χ0) is 27.5. The van der Waals surface area contributed by atoms with Crippen molar-refractivity contribution in [2.24, 2.45) is 5.92 Å². The van der Waals surface area contributed by atoms with Crippen LogP contribution in [0.4, 0.5) is 21.7 Å². The summed E-state index contributed by atoms with van der Waals surface area (Å²) in [7, 11) is 0. The third-order valence-corrected chi connectivity index (χ3v) is 9.04. The Hall–Kier alpha value is -3.04. The smallest absolute Gasteiger partial charge is 0.252 e. The van der Waals surface area contributed by atoms with Crippen molar-refractivity contribution in [1.29, 1.82) is 0 Å². The van der Waals surface area contributed by atoms with E-state index in [4.69, 9.17) is 9.72 Å². The molecule has 8 nitrogen and oxygen atoms in total. The third-order valence-electron chi connectivity index (χ3n) is 9.04. The maximum absolute atomic E-state index is 15.3. The Bertz CT molecular complexity index is 1370. The normalized spacial score (nSPS) is 19.5. The summed E-state index contributed by atoms with van der Waals surface area (Å²) in [5.74, 6) is 0.848. The molecule has 4 heterocycles. The molecule has 0 unspecified atom stereocenters. The number of morpholine rings is 1. The Morgan fingerprint density at radius 1 is 1.05 bits per heavy atom. The number of aromatic nitrogens is 3. The zero-order valence-corrected chi connectivity index (χ0v) is 23.6. The molecular formula is C31H41FN6O2. The van der Waals surface area contributed by atoms with Crippen LogP contribution in [0.1, 0.15) is 63.0 Å². The molecule has 0 radical (unpaired) electrons. The van der Waals surface area contributed by atoms with E-state index in [1.54, 1.807) is 12.3 Å². The second-order valence-electron chi connectivity index (χ2n) is 11.7.